The Labute approximate surface area is 139 Å². The van der Waals surface area contributed by atoms with Gasteiger partial charge in [-0.05, 0) is 24.3 Å². The van der Waals surface area contributed by atoms with Gasteiger partial charge in [0.25, 0.3) is 10.2 Å². The van der Waals surface area contributed by atoms with E-state index in [1.54, 1.807) is 0 Å². The van der Waals surface area contributed by atoms with Crippen LogP contribution in [0.2, 0.25) is 0 Å². The SMILES string of the molecule is CN(C)S(=O)(=O)NCCN(c1ccc(C(F)(F)F)cc1)S(C)(=O)=O. The summed E-state index contributed by atoms with van der Waals surface area (Å²) in [7, 11) is -4.94. The van der Waals surface area contributed by atoms with Crippen LogP contribution in [0.3, 0.4) is 0 Å². The average Bonchev–Trinajstić information content (AvgIpc) is 2.41. The van der Waals surface area contributed by atoms with Gasteiger partial charge in [0, 0.05) is 27.2 Å². The third-order valence-electron chi connectivity index (χ3n) is 2.96. The summed E-state index contributed by atoms with van der Waals surface area (Å²) in [6, 6.07) is 3.56. The molecule has 0 bridgehead atoms. The number of halogens is 3. The van der Waals surface area contributed by atoms with Crippen LogP contribution in [-0.2, 0) is 26.4 Å². The van der Waals surface area contributed by atoms with Gasteiger partial charge in [-0.3, -0.25) is 4.31 Å². The normalized spacial score (nSPS) is 13.3. The number of hydrogen-bond acceptors (Lipinski definition) is 4. The Balaban J connectivity index is 2.96. The number of nitrogens with one attached hydrogen (secondary N) is 1. The molecule has 1 N–H and O–H groups in total. The Morgan fingerprint density at radius 2 is 1.54 bits per heavy atom. The molecule has 0 aromatic heterocycles. The third kappa shape index (κ3) is 5.61. The number of benzene rings is 1. The molecular weight excluding hydrogens is 371 g/mol. The van der Waals surface area contributed by atoms with Crippen LogP contribution in [0.25, 0.3) is 0 Å². The molecule has 0 heterocycles. The van der Waals surface area contributed by atoms with Gasteiger partial charge in [-0.25, -0.2) is 13.1 Å². The first-order chi connectivity index (χ1) is 10.7. The Bertz CT molecular complexity index is 760. The third-order valence-corrected chi connectivity index (χ3v) is 5.69. The summed E-state index contributed by atoms with van der Waals surface area (Å²) in [4.78, 5) is 0. The minimum atomic E-state index is -4.53. The summed E-state index contributed by atoms with van der Waals surface area (Å²) in [5, 5.41) is 0. The van der Waals surface area contributed by atoms with Gasteiger partial charge in [0.05, 0.1) is 17.5 Å². The molecule has 0 amide bonds. The second-order valence-electron chi connectivity index (χ2n) is 5.06. The lowest BCUT2D eigenvalue weighted by Gasteiger charge is -2.23. The molecule has 0 fully saturated rings. The second-order valence-corrected chi connectivity index (χ2v) is 8.94. The van der Waals surface area contributed by atoms with Crippen LogP contribution in [0.1, 0.15) is 5.56 Å². The minimum Gasteiger partial charge on any atom is -0.269 e. The summed E-state index contributed by atoms with van der Waals surface area (Å²) >= 11 is 0. The van der Waals surface area contributed by atoms with Crippen LogP contribution in [0, 0.1) is 0 Å². The number of anilines is 1. The Hall–Kier alpha value is -1.37. The maximum Gasteiger partial charge on any atom is 0.416 e. The van der Waals surface area contributed by atoms with Crippen molar-refractivity contribution in [3.8, 4) is 0 Å². The summed E-state index contributed by atoms with van der Waals surface area (Å²) in [6.45, 7) is -0.508. The summed E-state index contributed by atoms with van der Waals surface area (Å²) in [6.07, 6.45) is -3.65. The van der Waals surface area contributed by atoms with Crippen molar-refractivity contribution in [2.45, 2.75) is 6.18 Å². The number of alkyl halides is 3. The van der Waals surface area contributed by atoms with E-state index in [4.69, 9.17) is 0 Å². The van der Waals surface area contributed by atoms with E-state index >= 15 is 0 Å². The molecule has 0 aliphatic heterocycles. The van der Waals surface area contributed by atoms with Gasteiger partial charge in [-0.15, -0.1) is 0 Å². The van der Waals surface area contributed by atoms with Crippen molar-refractivity contribution in [1.29, 1.82) is 0 Å². The van der Waals surface area contributed by atoms with Crippen molar-refractivity contribution in [3.05, 3.63) is 29.8 Å². The molecule has 0 unspecified atom stereocenters. The maximum absolute atomic E-state index is 12.6. The number of hydrogen-bond donors (Lipinski definition) is 1. The zero-order valence-electron chi connectivity index (χ0n) is 13.2. The Kier molecular flexibility index (Phi) is 6.25. The van der Waals surface area contributed by atoms with E-state index in [1.807, 2.05) is 0 Å². The van der Waals surface area contributed by atoms with Gasteiger partial charge >= 0.3 is 6.18 Å². The molecular formula is C12H18F3N3O4S2. The molecule has 7 nitrogen and oxygen atoms in total. The van der Waals surface area contributed by atoms with Crippen LogP contribution in [0.5, 0.6) is 0 Å². The zero-order chi connectivity index (χ0) is 18.8. The van der Waals surface area contributed by atoms with Crippen molar-refractivity contribution in [2.75, 3.05) is 37.7 Å². The van der Waals surface area contributed by atoms with Gasteiger partial charge in [0.2, 0.25) is 10.0 Å². The van der Waals surface area contributed by atoms with E-state index in [0.29, 0.717) is 0 Å². The average molecular weight is 389 g/mol. The van der Waals surface area contributed by atoms with E-state index in [-0.39, 0.29) is 18.8 Å². The molecule has 0 aliphatic rings. The summed E-state index contributed by atoms with van der Waals surface area (Å²) < 4.78 is 88.4. The first-order valence-corrected chi connectivity index (χ1v) is 9.86. The summed E-state index contributed by atoms with van der Waals surface area (Å²) in [5.41, 5.74) is -0.900. The lowest BCUT2D eigenvalue weighted by Crippen LogP contribution is -2.42. The molecule has 24 heavy (non-hydrogen) atoms. The minimum absolute atomic E-state index is 0.00884. The monoisotopic (exact) mass is 389 g/mol. The molecule has 0 radical (unpaired) electrons. The van der Waals surface area contributed by atoms with Crippen LogP contribution in [0.4, 0.5) is 18.9 Å². The van der Waals surface area contributed by atoms with Gasteiger partial charge < -0.3 is 0 Å². The highest BCUT2D eigenvalue weighted by Crippen LogP contribution is 2.30. The lowest BCUT2D eigenvalue weighted by atomic mass is 10.2. The number of nitrogens with zero attached hydrogens (tertiary/aromatic N) is 2. The molecule has 0 atom stereocenters. The van der Waals surface area contributed by atoms with Crippen LogP contribution >= 0.6 is 0 Å². The van der Waals surface area contributed by atoms with E-state index in [9.17, 15) is 30.0 Å². The predicted octanol–water partition coefficient (Wildman–Crippen LogP) is 0.867. The maximum atomic E-state index is 12.6. The molecule has 1 rings (SSSR count). The summed E-state index contributed by atoms with van der Waals surface area (Å²) in [5.74, 6) is 0. The number of rotatable bonds is 7. The molecule has 0 saturated heterocycles. The highest BCUT2D eigenvalue weighted by molar-refractivity contribution is 7.92. The van der Waals surface area contributed by atoms with E-state index in [2.05, 4.69) is 4.72 Å². The van der Waals surface area contributed by atoms with E-state index in [1.165, 1.54) is 14.1 Å². The molecule has 0 saturated carbocycles. The fourth-order valence-corrected chi connectivity index (χ4v) is 3.24. The predicted molar refractivity (Wildman–Crippen MR) is 84.2 cm³/mol. The molecule has 138 valence electrons. The first kappa shape index (κ1) is 20.7. The quantitative estimate of drug-likeness (QED) is 0.750. The molecule has 12 heteroatoms. The lowest BCUT2D eigenvalue weighted by molar-refractivity contribution is -0.137. The molecule has 1 aromatic rings. The first-order valence-electron chi connectivity index (χ1n) is 6.57. The van der Waals surface area contributed by atoms with E-state index in [0.717, 1.165) is 39.1 Å². The molecule has 0 aliphatic carbocycles. The van der Waals surface area contributed by atoms with Crippen molar-refractivity contribution in [1.82, 2.24) is 9.03 Å². The van der Waals surface area contributed by atoms with Gasteiger partial charge in [-0.1, -0.05) is 0 Å². The smallest absolute Gasteiger partial charge is 0.269 e. The van der Waals surface area contributed by atoms with Crippen molar-refractivity contribution >= 4 is 25.9 Å². The Morgan fingerprint density at radius 1 is 1.04 bits per heavy atom. The highest BCUT2D eigenvalue weighted by Gasteiger charge is 2.30. The van der Waals surface area contributed by atoms with Crippen LogP contribution in [-0.4, -0.2) is 54.6 Å². The number of sulfonamides is 1. The highest BCUT2D eigenvalue weighted by atomic mass is 32.2. The van der Waals surface area contributed by atoms with Crippen LogP contribution < -0.4 is 9.03 Å². The second kappa shape index (κ2) is 7.25. The van der Waals surface area contributed by atoms with Gasteiger partial charge in [0.1, 0.15) is 0 Å². The fourth-order valence-electron chi connectivity index (χ4n) is 1.71. The molecule has 1 aromatic carbocycles. The van der Waals surface area contributed by atoms with Crippen molar-refractivity contribution in [2.24, 2.45) is 0 Å². The fraction of sp³-hybridized carbons (Fsp3) is 0.500. The van der Waals surface area contributed by atoms with E-state index < -0.39 is 32.0 Å². The van der Waals surface area contributed by atoms with Crippen molar-refractivity contribution in [3.63, 3.8) is 0 Å². The topological polar surface area (TPSA) is 86.8 Å². The largest absolute Gasteiger partial charge is 0.416 e. The van der Waals surface area contributed by atoms with Crippen molar-refractivity contribution < 1.29 is 30.0 Å². The van der Waals surface area contributed by atoms with Gasteiger partial charge in [-0.2, -0.15) is 25.9 Å². The Morgan fingerprint density at radius 3 is 1.92 bits per heavy atom. The zero-order valence-corrected chi connectivity index (χ0v) is 14.8. The standard InChI is InChI=1S/C12H18F3N3O4S2/c1-17(2)24(21,22)16-8-9-18(23(3,19)20)11-6-4-10(5-7-11)12(13,14)15/h4-7,16H,8-9H2,1-3H3. The van der Waals surface area contributed by atoms with Gasteiger partial charge in [0.15, 0.2) is 0 Å². The van der Waals surface area contributed by atoms with Crippen LogP contribution in [0.15, 0.2) is 24.3 Å². The molecule has 0 spiro atoms.